The van der Waals surface area contributed by atoms with E-state index in [9.17, 15) is 20.1 Å². The number of ether oxygens (including phenoxy) is 4. The van der Waals surface area contributed by atoms with Crippen LogP contribution in [0.25, 0.3) is 0 Å². The molecule has 3 N–H and O–H groups in total. The summed E-state index contributed by atoms with van der Waals surface area (Å²) >= 11 is 0. The maximum atomic E-state index is 14.9. The summed E-state index contributed by atoms with van der Waals surface area (Å²) in [7, 11) is 0. The van der Waals surface area contributed by atoms with Crippen LogP contribution in [0.4, 0.5) is 0 Å². The van der Waals surface area contributed by atoms with Crippen LogP contribution in [0.5, 0.6) is 11.5 Å². The topological polar surface area (TPSA) is 140 Å². The van der Waals surface area contributed by atoms with Crippen molar-refractivity contribution in [3.8, 4) is 11.5 Å². The van der Waals surface area contributed by atoms with Crippen LogP contribution in [0.1, 0.15) is 133 Å². The van der Waals surface area contributed by atoms with Gasteiger partial charge in [-0.3, -0.25) is 4.79 Å². The van der Waals surface area contributed by atoms with Crippen LogP contribution in [0, 0.1) is 17.8 Å². The third-order valence-electron chi connectivity index (χ3n) is 13.2. The summed E-state index contributed by atoms with van der Waals surface area (Å²) in [5, 5.41) is 34.5. The van der Waals surface area contributed by atoms with Crippen molar-refractivity contribution in [3.05, 3.63) is 96.6 Å². The molecule has 0 spiro atoms. The lowest BCUT2D eigenvalue weighted by molar-refractivity contribution is -0.258. The van der Waals surface area contributed by atoms with Gasteiger partial charge in [0.15, 0.2) is 0 Å². The molecule has 6 atom stereocenters. The van der Waals surface area contributed by atoms with Crippen LogP contribution in [0.15, 0.2) is 90.6 Å². The van der Waals surface area contributed by atoms with Gasteiger partial charge in [-0.15, -0.1) is 6.58 Å². The molecule has 0 saturated heterocycles. The Morgan fingerprint density at radius 3 is 2.28 bits per heavy atom. The molecule has 0 bridgehead atoms. The van der Waals surface area contributed by atoms with Gasteiger partial charge in [-0.1, -0.05) is 131 Å². The Hall–Kier alpha value is -4.00. The number of aliphatic hydroxyl groups excluding tert-OH is 3. The van der Waals surface area contributed by atoms with E-state index in [-0.39, 0.29) is 76.5 Å². The molecule has 1 saturated carbocycles. The minimum Gasteiger partial charge on any atom is -0.490 e. The molecule has 11 nitrogen and oxygen atoms in total. The Kier molecular flexibility index (Phi) is 22.4. The van der Waals surface area contributed by atoms with Crippen LogP contribution in [0.3, 0.4) is 0 Å². The quantitative estimate of drug-likeness (QED) is 0.0363. The van der Waals surface area contributed by atoms with Gasteiger partial charge < -0.3 is 44.0 Å². The summed E-state index contributed by atoms with van der Waals surface area (Å²) in [5.74, 6) is -0.391. The molecule has 5 rings (SSSR count). The van der Waals surface area contributed by atoms with Gasteiger partial charge in [-0.2, -0.15) is 0 Å². The molecule has 2 aromatic rings. The first-order valence-corrected chi connectivity index (χ1v) is 24.4. The Morgan fingerprint density at radius 2 is 1.58 bits per heavy atom. The molecule has 11 heteroatoms. The monoisotopic (exact) mass is 887 g/mol. The number of nitrogens with zero attached hydrogens (tertiary/aromatic N) is 2. The van der Waals surface area contributed by atoms with Crippen molar-refractivity contribution in [1.29, 1.82) is 0 Å². The third kappa shape index (κ3) is 14.0. The highest BCUT2D eigenvalue weighted by atomic mass is 16.7. The first-order valence-electron chi connectivity index (χ1n) is 24.4. The molecule has 1 heterocycles. The molecule has 0 aromatic heterocycles. The summed E-state index contributed by atoms with van der Waals surface area (Å²) < 4.78 is 26.6. The molecule has 1 aliphatic heterocycles. The van der Waals surface area contributed by atoms with Crippen LogP contribution in [0.2, 0.25) is 0 Å². The smallest absolute Gasteiger partial charge is 0.239 e. The molecule has 1 fully saturated rings. The number of amides is 1. The van der Waals surface area contributed by atoms with Gasteiger partial charge in [0.25, 0.3) is 0 Å². The summed E-state index contributed by atoms with van der Waals surface area (Å²) in [6.07, 6.45) is 21.5. The highest BCUT2D eigenvalue weighted by Gasteiger charge is 2.65. The van der Waals surface area contributed by atoms with Crippen LogP contribution in [-0.4, -0.2) is 96.5 Å². The predicted octanol–water partition coefficient (Wildman–Crippen LogP) is 9.84. The second-order valence-electron chi connectivity index (χ2n) is 17.6. The van der Waals surface area contributed by atoms with Crippen LogP contribution >= 0.6 is 0 Å². The molecule has 2 aliphatic carbocycles. The fourth-order valence-electron chi connectivity index (χ4n) is 10.2. The van der Waals surface area contributed by atoms with Crippen LogP contribution in [-0.2, 0) is 25.7 Å². The summed E-state index contributed by atoms with van der Waals surface area (Å²) in [6.45, 7) is 11.7. The van der Waals surface area contributed by atoms with Crippen molar-refractivity contribution >= 4 is 11.6 Å². The molecule has 2 aromatic carbocycles. The van der Waals surface area contributed by atoms with Gasteiger partial charge >= 0.3 is 0 Å². The van der Waals surface area contributed by atoms with E-state index in [0.717, 1.165) is 67.4 Å². The van der Waals surface area contributed by atoms with E-state index in [1.807, 2.05) is 47.4 Å². The number of hydrogen-bond donors (Lipinski definition) is 3. The van der Waals surface area contributed by atoms with E-state index in [0.29, 0.717) is 43.8 Å². The molecule has 6 unspecified atom stereocenters. The van der Waals surface area contributed by atoms with Gasteiger partial charge in [0.05, 0.1) is 38.1 Å². The summed E-state index contributed by atoms with van der Waals surface area (Å²) in [4.78, 5) is 23.1. The zero-order chi connectivity index (χ0) is 45.4. The normalized spacial score (nSPS) is 22.8. The number of carbonyl (C=O) groups excluding carboxylic acids is 1. The number of unbranched alkanes of at least 4 members (excludes halogenated alkanes) is 10. The zero-order valence-electron chi connectivity index (χ0n) is 38.7. The molecular formula is C53H78N2O9. The molecule has 1 amide bonds. The van der Waals surface area contributed by atoms with E-state index in [1.54, 1.807) is 12.2 Å². The van der Waals surface area contributed by atoms with E-state index >= 15 is 0 Å². The van der Waals surface area contributed by atoms with Gasteiger partial charge in [0.2, 0.25) is 11.7 Å². The first kappa shape index (κ1) is 51.0. The zero-order valence-corrected chi connectivity index (χ0v) is 38.7. The number of aliphatic hydroxyl groups is 3. The Morgan fingerprint density at radius 1 is 0.859 bits per heavy atom. The highest BCUT2D eigenvalue weighted by molar-refractivity contribution is 6.03. The minimum atomic E-state index is -1.37. The summed E-state index contributed by atoms with van der Waals surface area (Å²) in [5.41, 5.74) is 3.72. The lowest BCUT2D eigenvalue weighted by Gasteiger charge is -2.60. The lowest BCUT2D eigenvalue weighted by atomic mass is 9.55. The van der Waals surface area contributed by atoms with Crippen molar-refractivity contribution in [3.63, 3.8) is 0 Å². The second kappa shape index (κ2) is 28.1. The van der Waals surface area contributed by atoms with Gasteiger partial charge in [0.1, 0.15) is 30.8 Å². The number of rotatable bonds is 33. The van der Waals surface area contributed by atoms with E-state index in [4.69, 9.17) is 28.9 Å². The fourth-order valence-corrected chi connectivity index (χ4v) is 10.2. The average molecular weight is 887 g/mol. The van der Waals surface area contributed by atoms with E-state index in [2.05, 4.69) is 32.2 Å². The van der Waals surface area contributed by atoms with Crippen molar-refractivity contribution in [1.82, 2.24) is 4.90 Å². The molecular weight excluding hydrogens is 809 g/mol. The minimum absolute atomic E-state index is 0.00425. The first-order chi connectivity index (χ1) is 31.5. The SMILES string of the molecule is C=CCOc1ccc2c(c1)C1C(CCCCO)C(CCCCO)C=C3C(=NOCc4ccccc4)CC(N(CCOCCO)C(=O)CCCCCCCCCCC)C(OCC=C)(O2)C31. The molecule has 3 aliphatic rings. The largest absolute Gasteiger partial charge is 0.490 e. The Bertz CT molecular complexity index is 1750. The van der Waals surface area contributed by atoms with Crippen LogP contribution < -0.4 is 9.47 Å². The molecule has 354 valence electrons. The molecule has 0 radical (unpaired) electrons. The average Bonchev–Trinajstić information content (AvgIpc) is 3.31. The second-order valence-corrected chi connectivity index (χ2v) is 17.6. The van der Waals surface area contributed by atoms with Gasteiger partial charge in [-0.05, 0) is 73.3 Å². The highest BCUT2D eigenvalue weighted by Crippen LogP contribution is 2.62. The van der Waals surface area contributed by atoms with E-state index < -0.39 is 17.7 Å². The lowest BCUT2D eigenvalue weighted by Crippen LogP contribution is -2.70. The van der Waals surface area contributed by atoms with E-state index in [1.165, 1.54) is 38.5 Å². The number of fused-ring (bicyclic) bond motifs is 2. The number of carbonyl (C=O) groups is 1. The standard InChI is InChI=1S/C53H78N2O9/c1-4-7-8-9-10-11-12-13-17-26-50(59)55(29-35-60-36-32-58)49-39-47(54-63-40-41-22-15-14-16-23-41)45-37-42(24-18-20-30-56)44(25-19-21-31-57)51-46-38-43(61-33-5-2)27-28-48(46)64-53(49,52(45)51)62-34-6-3/h5-6,14-16,22-23,27-28,37-38,42,44,49,51-52,56-58H,2-4,7-13,17-21,24-26,29-36,39-40H2,1H3. The third-order valence-corrected chi connectivity index (χ3v) is 13.2. The van der Waals surface area contributed by atoms with Crippen molar-refractivity contribution < 1.29 is 43.9 Å². The van der Waals surface area contributed by atoms with Crippen molar-refractivity contribution in [2.24, 2.45) is 22.9 Å². The Balaban J connectivity index is 1.65. The van der Waals surface area contributed by atoms with Crippen molar-refractivity contribution in [2.45, 2.75) is 140 Å². The summed E-state index contributed by atoms with van der Waals surface area (Å²) in [6, 6.07) is 15.3. The van der Waals surface area contributed by atoms with Gasteiger partial charge in [-0.25, -0.2) is 0 Å². The number of oxime groups is 1. The van der Waals surface area contributed by atoms with Gasteiger partial charge in [0, 0.05) is 44.1 Å². The van der Waals surface area contributed by atoms with Crippen molar-refractivity contribution in [2.75, 3.05) is 52.8 Å². The Labute approximate surface area is 383 Å². The maximum Gasteiger partial charge on any atom is 0.239 e. The maximum absolute atomic E-state index is 14.9. The number of benzene rings is 2. The molecule has 64 heavy (non-hydrogen) atoms. The number of allylic oxidation sites excluding steroid dienone is 1. The predicted molar refractivity (Wildman–Crippen MR) is 253 cm³/mol. The number of hydrogen-bond acceptors (Lipinski definition) is 10. The fraction of sp³-hybridized carbons (Fsp3) is 0.623.